The maximum atomic E-state index is 12.5. The fraction of sp³-hybridized carbons (Fsp3) is 0.786. The van der Waals surface area contributed by atoms with Gasteiger partial charge in [-0.2, -0.15) is 5.10 Å². The monoisotopic (exact) mass is 316 g/mol. The van der Waals surface area contributed by atoms with Crippen LogP contribution in [-0.2, 0) is 16.6 Å². The third kappa shape index (κ3) is 4.79. The molecule has 0 aliphatic carbocycles. The fourth-order valence-corrected chi connectivity index (χ4v) is 3.28. The fourth-order valence-electron chi connectivity index (χ4n) is 1.63. The number of aryl methyl sites for hydroxylation is 1. The Labute approximate surface area is 128 Å². The van der Waals surface area contributed by atoms with Gasteiger partial charge in [0.1, 0.15) is 0 Å². The van der Waals surface area contributed by atoms with Gasteiger partial charge in [-0.05, 0) is 19.3 Å². The largest absolute Gasteiger partial charge is 0.310 e. The summed E-state index contributed by atoms with van der Waals surface area (Å²) in [6, 6.07) is 0.0849. The molecule has 7 heteroatoms. The molecule has 122 valence electrons. The van der Waals surface area contributed by atoms with E-state index in [0.717, 1.165) is 5.69 Å². The number of hydrogen-bond acceptors (Lipinski definition) is 4. The quantitative estimate of drug-likeness (QED) is 0.748. The van der Waals surface area contributed by atoms with Crippen LogP contribution in [-0.4, -0.2) is 30.7 Å². The van der Waals surface area contributed by atoms with Crippen molar-refractivity contribution in [1.29, 1.82) is 0 Å². The summed E-state index contributed by atoms with van der Waals surface area (Å²) in [5, 5.41) is 10.1. The number of H-pyrrole nitrogens is 1. The number of aromatic amines is 1. The molecule has 1 unspecified atom stereocenters. The summed E-state index contributed by atoms with van der Waals surface area (Å²) in [5.74, 6) is 0. The van der Waals surface area contributed by atoms with Gasteiger partial charge >= 0.3 is 0 Å². The van der Waals surface area contributed by atoms with Crippen LogP contribution in [0.25, 0.3) is 0 Å². The first kappa shape index (κ1) is 18.1. The minimum Gasteiger partial charge on any atom is -0.310 e. The molecule has 0 spiro atoms. The van der Waals surface area contributed by atoms with Gasteiger partial charge in [-0.3, -0.25) is 5.10 Å². The van der Waals surface area contributed by atoms with E-state index in [4.69, 9.17) is 0 Å². The molecule has 0 aromatic carbocycles. The van der Waals surface area contributed by atoms with Crippen molar-refractivity contribution in [2.45, 2.75) is 72.1 Å². The summed E-state index contributed by atoms with van der Waals surface area (Å²) < 4.78 is 27.8. The molecule has 1 aromatic heterocycles. The van der Waals surface area contributed by atoms with Crippen LogP contribution in [0.3, 0.4) is 0 Å². The summed E-state index contributed by atoms with van der Waals surface area (Å²) in [4.78, 5) is 0. The number of nitrogens with zero attached hydrogens (tertiary/aromatic N) is 1. The Bertz CT molecular complexity index is 570. The molecule has 0 aliphatic heterocycles. The standard InChI is InChI=1S/C14H28N4O2S/c1-9(2)15-8-12-10(3)16-17-13(12)21(19,20)18-11(4)14(5,6)7/h9,11,15,18H,8H2,1-7H3,(H,16,17). The maximum Gasteiger partial charge on any atom is 0.260 e. The Morgan fingerprint density at radius 1 is 1.24 bits per heavy atom. The summed E-state index contributed by atoms with van der Waals surface area (Å²) >= 11 is 0. The molecule has 0 saturated carbocycles. The molecule has 21 heavy (non-hydrogen) atoms. The molecule has 1 atom stereocenters. The average Bonchev–Trinajstić information content (AvgIpc) is 2.66. The molecule has 0 saturated heterocycles. The molecular formula is C14H28N4O2S. The summed E-state index contributed by atoms with van der Waals surface area (Å²) in [6.07, 6.45) is 0. The van der Waals surface area contributed by atoms with Gasteiger partial charge in [0, 0.05) is 29.9 Å². The van der Waals surface area contributed by atoms with Gasteiger partial charge in [0.2, 0.25) is 0 Å². The van der Waals surface area contributed by atoms with E-state index in [1.807, 2.05) is 48.5 Å². The van der Waals surface area contributed by atoms with E-state index >= 15 is 0 Å². The first-order valence-electron chi connectivity index (χ1n) is 7.24. The van der Waals surface area contributed by atoms with Crippen molar-refractivity contribution in [1.82, 2.24) is 20.2 Å². The predicted molar refractivity (Wildman–Crippen MR) is 84.5 cm³/mol. The predicted octanol–water partition coefficient (Wildman–Crippen LogP) is 1.93. The summed E-state index contributed by atoms with van der Waals surface area (Å²) in [7, 11) is -3.63. The zero-order valence-electron chi connectivity index (χ0n) is 14.0. The lowest BCUT2D eigenvalue weighted by Gasteiger charge is -2.27. The van der Waals surface area contributed by atoms with Crippen LogP contribution in [0.2, 0.25) is 0 Å². The highest BCUT2D eigenvalue weighted by atomic mass is 32.2. The second kappa shape index (κ2) is 6.46. The van der Waals surface area contributed by atoms with Gasteiger partial charge in [-0.1, -0.05) is 34.6 Å². The number of sulfonamides is 1. The van der Waals surface area contributed by atoms with Crippen molar-refractivity contribution in [3.63, 3.8) is 0 Å². The molecule has 1 aromatic rings. The Hall–Kier alpha value is -0.920. The van der Waals surface area contributed by atoms with Crippen molar-refractivity contribution in [2.75, 3.05) is 0 Å². The van der Waals surface area contributed by atoms with Crippen LogP contribution in [0.1, 0.15) is 52.8 Å². The van der Waals surface area contributed by atoms with Crippen molar-refractivity contribution in [3.8, 4) is 0 Å². The smallest absolute Gasteiger partial charge is 0.260 e. The lowest BCUT2D eigenvalue weighted by atomic mass is 9.89. The van der Waals surface area contributed by atoms with E-state index in [0.29, 0.717) is 12.1 Å². The van der Waals surface area contributed by atoms with Gasteiger partial charge in [-0.15, -0.1) is 0 Å². The van der Waals surface area contributed by atoms with Crippen molar-refractivity contribution >= 4 is 10.0 Å². The Morgan fingerprint density at radius 3 is 2.29 bits per heavy atom. The summed E-state index contributed by atoms with van der Waals surface area (Å²) in [5.41, 5.74) is 1.30. The highest BCUT2D eigenvalue weighted by molar-refractivity contribution is 7.89. The van der Waals surface area contributed by atoms with E-state index in [-0.39, 0.29) is 22.5 Å². The first-order chi connectivity index (χ1) is 9.45. The van der Waals surface area contributed by atoms with Crippen LogP contribution in [0.4, 0.5) is 0 Å². The molecule has 1 heterocycles. The Kier molecular flexibility index (Phi) is 5.57. The SMILES string of the molecule is Cc1[nH]nc(S(=O)(=O)NC(C)C(C)(C)C)c1CNC(C)C. The zero-order valence-corrected chi connectivity index (χ0v) is 14.9. The second-order valence-corrected chi connectivity index (χ2v) is 8.51. The minimum atomic E-state index is -3.63. The maximum absolute atomic E-state index is 12.5. The van der Waals surface area contributed by atoms with Crippen molar-refractivity contribution < 1.29 is 8.42 Å². The number of hydrogen-bond donors (Lipinski definition) is 3. The molecule has 6 nitrogen and oxygen atoms in total. The molecule has 0 fully saturated rings. The number of aromatic nitrogens is 2. The van der Waals surface area contributed by atoms with Gasteiger partial charge in [-0.25, -0.2) is 13.1 Å². The molecule has 0 amide bonds. The van der Waals surface area contributed by atoms with Crippen molar-refractivity contribution in [2.24, 2.45) is 5.41 Å². The third-order valence-electron chi connectivity index (χ3n) is 3.61. The van der Waals surface area contributed by atoms with Crippen LogP contribution >= 0.6 is 0 Å². The molecule has 0 bridgehead atoms. The van der Waals surface area contributed by atoms with E-state index in [1.54, 1.807) is 0 Å². The molecule has 0 radical (unpaired) electrons. The third-order valence-corrected chi connectivity index (χ3v) is 5.12. The zero-order chi connectivity index (χ0) is 16.4. The van der Waals surface area contributed by atoms with Crippen molar-refractivity contribution in [3.05, 3.63) is 11.3 Å². The lowest BCUT2D eigenvalue weighted by Crippen LogP contribution is -2.41. The van der Waals surface area contributed by atoms with E-state index < -0.39 is 10.0 Å². The Balaban J connectivity index is 3.04. The Morgan fingerprint density at radius 2 is 1.81 bits per heavy atom. The lowest BCUT2D eigenvalue weighted by molar-refractivity contribution is 0.317. The first-order valence-corrected chi connectivity index (χ1v) is 8.73. The van der Waals surface area contributed by atoms with E-state index in [1.165, 1.54) is 0 Å². The van der Waals surface area contributed by atoms with Gasteiger partial charge in [0.15, 0.2) is 5.03 Å². The van der Waals surface area contributed by atoms with Crippen LogP contribution < -0.4 is 10.0 Å². The molecule has 3 N–H and O–H groups in total. The highest BCUT2D eigenvalue weighted by Crippen LogP contribution is 2.22. The van der Waals surface area contributed by atoms with E-state index in [9.17, 15) is 8.42 Å². The van der Waals surface area contributed by atoms with Gasteiger partial charge < -0.3 is 5.32 Å². The van der Waals surface area contributed by atoms with Gasteiger partial charge in [0.25, 0.3) is 10.0 Å². The topological polar surface area (TPSA) is 86.9 Å². The number of nitrogens with one attached hydrogen (secondary N) is 3. The summed E-state index contributed by atoms with van der Waals surface area (Å²) in [6.45, 7) is 14.2. The molecule has 1 rings (SSSR count). The average molecular weight is 316 g/mol. The van der Waals surface area contributed by atoms with E-state index in [2.05, 4.69) is 20.2 Å². The second-order valence-electron chi connectivity index (χ2n) is 6.88. The normalized spacial score (nSPS) is 14.7. The minimum absolute atomic E-state index is 0.0873. The van der Waals surface area contributed by atoms with Gasteiger partial charge in [0.05, 0.1) is 0 Å². The van der Waals surface area contributed by atoms with Crippen LogP contribution in [0.5, 0.6) is 0 Å². The number of rotatable bonds is 6. The highest BCUT2D eigenvalue weighted by Gasteiger charge is 2.29. The van der Waals surface area contributed by atoms with Crippen LogP contribution in [0, 0.1) is 12.3 Å². The molecule has 0 aliphatic rings. The van der Waals surface area contributed by atoms with Crippen LogP contribution in [0.15, 0.2) is 5.03 Å². The molecular weight excluding hydrogens is 288 g/mol.